The number of methoxy groups -OCH3 is 1. The number of aromatic nitrogens is 2. The average Bonchev–Trinajstić information content (AvgIpc) is 2.80. The number of hydrogen-bond acceptors (Lipinski definition) is 6. The summed E-state index contributed by atoms with van der Waals surface area (Å²) in [6.45, 7) is -0.333. The third-order valence-corrected chi connectivity index (χ3v) is 4.88. The number of benzene rings is 3. The van der Waals surface area contributed by atoms with Gasteiger partial charge in [-0.05, 0) is 29.0 Å². The number of amides is 1. The van der Waals surface area contributed by atoms with E-state index in [0.717, 1.165) is 21.0 Å². The molecule has 9 nitrogen and oxygen atoms in total. The molecule has 1 N–H and O–H groups in total. The molecule has 0 saturated carbocycles. The van der Waals surface area contributed by atoms with Gasteiger partial charge in [0.15, 0.2) is 0 Å². The molecule has 0 aliphatic rings. The molecule has 0 saturated heterocycles. The number of nitro benzene ring substituents is 1. The van der Waals surface area contributed by atoms with Crippen molar-refractivity contribution in [2.45, 2.75) is 6.54 Å². The van der Waals surface area contributed by atoms with E-state index in [9.17, 15) is 19.7 Å². The fourth-order valence-corrected chi connectivity index (χ4v) is 3.29. The number of hydrogen-bond donors (Lipinski definition) is 1. The fraction of sp³-hybridized carbons (Fsp3) is 0.0870. The standard InChI is InChI=1S/C23H18N4O5/c1-32-21-13-18(27(30)31)8-9-20(21)24-22(28)14-26-23(29)11-10-19(25-26)17-7-6-15-4-2-3-5-16(15)12-17/h2-13H,14H2,1H3,(H,24,28). The maximum absolute atomic E-state index is 12.5. The van der Waals surface area contributed by atoms with E-state index in [0.29, 0.717) is 5.69 Å². The minimum atomic E-state index is -0.560. The number of carbonyl (C=O) groups is 1. The Morgan fingerprint density at radius 3 is 2.59 bits per heavy atom. The lowest BCUT2D eigenvalue weighted by molar-refractivity contribution is -0.384. The summed E-state index contributed by atoms with van der Waals surface area (Å²) in [5, 5.41) is 20.0. The number of carbonyl (C=O) groups excluding carboxylic acids is 1. The highest BCUT2D eigenvalue weighted by molar-refractivity contribution is 5.92. The first-order valence-electron chi connectivity index (χ1n) is 9.64. The third kappa shape index (κ3) is 4.31. The van der Waals surface area contributed by atoms with Gasteiger partial charge in [0.25, 0.3) is 11.2 Å². The number of fused-ring (bicyclic) bond motifs is 1. The molecule has 3 aromatic carbocycles. The van der Waals surface area contributed by atoms with Crippen LogP contribution in [0.3, 0.4) is 0 Å². The van der Waals surface area contributed by atoms with Crippen molar-refractivity contribution in [3.63, 3.8) is 0 Å². The van der Waals surface area contributed by atoms with Crippen LogP contribution in [0.5, 0.6) is 5.75 Å². The number of nitro groups is 1. The van der Waals surface area contributed by atoms with E-state index in [2.05, 4.69) is 10.4 Å². The normalized spacial score (nSPS) is 10.7. The Morgan fingerprint density at radius 2 is 1.84 bits per heavy atom. The summed E-state index contributed by atoms with van der Waals surface area (Å²) in [7, 11) is 1.34. The van der Waals surface area contributed by atoms with Gasteiger partial charge >= 0.3 is 0 Å². The monoisotopic (exact) mass is 430 g/mol. The van der Waals surface area contributed by atoms with Crippen molar-refractivity contribution in [2.24, 2.45) is 0 Å². The molecule has 1 aromatic heterocycles. The van der Waals surface area contributed by atoms with E-state index in [1.54, 1.807) is 6.07 Å². The number of ether oxygens (including phenoxy) is 1. The van der Waals surface area contributed by atoms with Crippen molar-refractivity contribution in [3.05, 3.63) is 93.3 Å². The van der Waals surface area contributed by atoms with Gasteiger partial charge in [-0.2, -0.15) is 5.10 Å². The van der Waals surface area contributed by atoms with Gasteiger partial charge in [0.1, 0.15) is 12.3 Å². The molecule has 0 aliphatic heterocycles. The van der Waals surface area contributed by atoms with Crippen LogP contribution >= 0.6 is 0 Å². The van der Waals surface area contributed by atoms with Gasteiger partial charge in [-0.15, -0.1) is 0 Å². The summed E-state index contributed by atoms with van der Waals surface area (Å²) >= 11 is 0. The molecule has 0 aliphatic carbocycles. The van der Waals surface area contributed by atoms with Crippen LogP contribution in [0, 0.1) is 10.1 Å². The summed E-state index contributed by atoms with van der Waals surface area (Å²) in [5.74, 6) is -0.389. The second-order valence-electron chi connectivity index (χ2n) is 6.97. The Hall–Kier alpha value is -4.53. The first kappa shape index (κ1) is 20.7. The Bertz CT molecular complexity index is 1400. The maximum Gasteiger partial charge on any atom is 0.273 e. The second kappa shape index (κ2) is 8.68. The van der Waals surface area contributed by atoms with Crippen LogP contribution in [0.15, 0.2) is 77.6 Å². The van der Waals surface area contributed by atoms with Crippen LogP contribution in [-0.4, -0.2) is 27.7 Å². The molecular weight excluding hydrogens is 412 g/mol. The summed E-state index contributed by atoms with van der Waals surface area (Å²) < 4.78 is 6.19. The lowest BCUT2D eigenvalue weighted by Gasteiger charge is -2.11. The Morgan fingerprint density at radius 1 is 1.06 bits per heavy atom. The molecule has 0 radical (unpaired) electrons. The predicted molar refractivity (Wildman–Crippen MR) is 120 cm³/mol. The molecule has 9 heteroatoms. The zero-order valence-corrected chi connectivity index (χ0v) is 17.0. The summed E-state index contributed by atoms with van der Waals surface area (Å²) in [4.78, 5) is 35.2. The number of nitrogens with zero attached hydrogens (tertiary/aromatic N) is 3. The summed E-state index contributed by atoms with van der Waals surface area (Å²) in [6, 6.07) is 20.5. The number of nitrogens with one attached hydrogen (secondary N) is 1. The van der Waals surface area contributed by atoms with Crippen molar-refractivity contribution in [3.8, 4) is 17.0 Å². The molecule has 4 aromatic rings. The quantitative estimate of drug-likeness (QED) is 0.369. The SMILES string of the molecule is COc1cc([N+](=O)[O-])ccc1NC(=O)Cn1nc(-c2ccc3ccccc3c2)ccc1=O. The first-order chi connectivity index (χ1) is 15.4. The highest BCUT2D eigenvalue weighted by Gasteiger charge is 2.15. The molecule has 4 rings (SSSR count). The molecule has 0 spiro atoms. The number of rotatable bonds is 6. The molecule has 0 unspecified atom stereocenters. The highest BCUT2D eigenvalue weighted by Crippen LogP contribution is 2.29. The van der Waals surface area contributed by atoms with Crippen molar-refractivity contribution >= 4 is 28.1 Å². The third-order valence-electron chi connectivity index (χ3n) is 4.88. The van der Waals surface area contributed by atoms with Crippen LogP contribution < -0.4 is 15.6 Å². The van der Waals surface area contributed by atoms with E-state index in [4.69, 9.17) is 4.74 Å². The first-order valence-corrected chi connectivity index (χ1v) is 9.64. The van der Waals surface area contributed by atoms with Crippen LogP contribution in [0.2, 0.25) is 0 Å². The maximum atomic E-state index is 12.5. The lowest BCUT2D eigenvalue weighted by Crippen LogP contribution is -2.29. The van der Waals surface area contributed by atoms with Crippen molar-refractivity contribution in [2.75, 3.05) is 12.4 Å². The zero-order valence-electron chi connectivity index (χ0n) is 17.0. The average molecular weight is 430 g/mol. The van der Waals surface area contributed by atoms with Crippen LogP contribution in [-0.2, 0) is 11.3 Å². The van der Waals surface area contributed by atoms with Gasteiger partial charge in [0.05, 0.1) is 29.5 Å². The van der Waals surface area contributed by atoms with Crippen LogP contribution in [0.25, 0.3) is 22.0 Å². The molecular formula is C23H18N4O5. The zero-order chi connectivity index (χ0) is 22.7. The minimum Gasteiger partial charge on any atom is -0.494 e. The highest BCUT2D eigenvalue weighted by atomic mass is 16.6. The second-order valence-corrected chi connectivity index (χ2v) is 6.97. The minimum absolute atomic E-state index is 0.137. The van der Waals surface area contributed by atoms with E-state index in [1.807, 2.05) is 42.5 Å². The molecule has 1 heterocycles. The van der Waals surface area contributed by atoms with E-state index >= 15 is 0 Å². The van der Waals surface area contributed by atoms with Gasteiger partial charge in [0, 0.05) is 17.7 Å². The van der Waals surface area contributed by atoms with Crippen molar-refractivity contribution in [1.82, 2.24) is 9.78 Å². The number of anilines is 1. The van der Waals surface area contributed by atoms with E-state index in [1.165, 1.54) is 31.4 Å². The van der Waals surface area contributed by atoms with E-state index < -0.39 is 16.4 Å². The molecule has 0 bridgehead atoms. The van der Waals surface area contributed by atoms with Gasteiger partial charge in [-0.1, -0.05) is 36.4 Å². The molecule has 0 fully saturated rings. The summed E-state index contributed by atoms with van der Waals surface area (Å²) in [5.41, 5.74) is 1.02. The van der Waals surface area contributed by atoms with Crippen molar-refractivity contribution in [1.29, 1.82) is 0 Å². The molecule has 1 amide bonds. The van der Waals surface area contributed by atoms with Crippen molar-refractivity contribution < 1.29 is 14.5 Å². The summed E-state index contributed by atoms with van der Waals surface area (Å²) in [6.07, 6.45) is 0. The van der Waals surface area contributed by atoms with Crippen LogP contribution in [0.1, 0.15) is 0 Å². The van der Waals surface area contributed by atoms with E-state index in [-0.39, 0.29) is 23.7 Å². The topological polar surface area (TPSA) is 116 Å². The molecule has 32 heavy (non-hydrogen) atoms. The largest absolute Gasteiger partial charge is 0.494 e. The van der Waals surface area contributed by atoms with Gasteiger partial charge in [0.2, 0.25) is 5.91 Å². The Kier molecular flexibility index (Phi) is 5.63. The van der Waals surface area contributed by atoms with Crippen LogP contribution in [0.4, 0.5) is 11.4 Å². The number of non-ortho nitro benzene ring substituents is 1. The molecule has 0 atom stereocenters. The lowest BCUT2D eigenvalue weighted by atomic mass is 10.1. The van der Waals surface area contributed by atoms with Gasteiger partial charge in [-0.25, -0.2) is 4.68 Å². The van der Waals surface area contributed by atoms with Gasteiger partial charge < -0.3 is 10.1 Å². The van der Waals surface area contributed by atoms with Gasteiger partial charge in [-0.3, -0.25) is 19.7 Å². The fourth-order valence-electron chi connectivity index (χ4n) is 3.29. The Balaban J connectivity index is 1.57. The molecule has 160 valence electrons. The Labute approximate surface area is 182 Å². The smallest absolute Gasteiger partial charge is 0.273 e. The predicted octanol–water partition coefficient (Wildman–Crippen LogP) is 3.62.